The van der Waals surface area contributed by atoms with Gasteiger partial charge in [0.1, 0.15) is 0 Å². The molecule has 0 aromatic rings. The zero-order valence-corrected chi connectivity index (χ0v) is 9.02. The van der Waals surface area contributed by atoms with Crippen LogP contribution in [0, 0.1) is 5.41 Å². The van der Waals surface area contributed by atoms with Crippen LogP contribution in [0.4, 0.5) is 0 Å². The topological polar surface area (TPSA) is 17.1 Å². The van der Waals surface area contributed by atoms with Crippen LogP contribution in [0.5, 0.6) is 0 Å². The Morgan fingerprint density at radius 1 is 1.08 bits per heavy atom. The maximum atomic E-state index is 11.4. The summed E-state index contributed by atoms with van der Waals surface area (Å²) in [5.41, 5.74) is 1.50. The van der Waals surface area contributed by atoms with E-state index in [9.17, 15) is 4.79 Å². The van der Waals surface area contributed by atoms with Crippen LogP contribution in [0.2, 0.25) is 0 Å². The van der Waals surface area contributed by atoms with E-state index in [0.29, 0.717) is 5.78 Å². The average molecular weight is 180 g/mol. The third-order valence-corrected chi connectivity index (χ3v) is 2.67. The first kappa shape index (κ1) is 10.5. The van der Waals surface area contributed by atoms with Gasteiger partial charge in [0.2, 0.25) is 0 Å². The van der Waals surface area contributed by atoms with E-state index in [0.717, 1.165) is 19.3 Å². The molecule has 0 heterocycles. The number of hydrogen-bond donors (Lipinski definition) is 0. The van der Waals surface area contributed by atoms with Crippen LogP contribution in [-0.4, -0.2) is 5.78 Å². The molecule has 0 radical (unpaired) electrons. The minimum atomic E-state index is 0.174. The molecular formula is C12H20O. The molecule has 0 N–H and O–H groups in total. The molecule has 0 saturated carbocycles. The predicted molar refractivity (Wildman–Crippen MR) is 55.6 cm³/mol. The Morgan fingerprint density at radius 3 is 2.31 bits per heavy atom. The van der Waals surface area contributed by atoms with Gasteiger partial charge in [-0.05, 0) is 30.8 Å². The van der Waals surface area contributed by atoms with E-state index in [1.54, 1.807) is 0 Å². The molecule has 1 rings (SSSR count). The van der Waals surface area contributed by atoms with Crippen molar-refractivity contribution in [3.63, 3.8) is 0 Å². The molecule has 0 aromatic heterocycles. The summed E-state index contributed by atoms with van der Waals surface area (Å²) >= 11 is 0. The first-order valence-corrected chi connectivity index (χ1v) is 5.24. The van der Waals surface area contributed by atoms with Crippen LogP contribution in [-0.2, 0) is 4.79 Å². The largest absolute Gasteiger partial charge is 0.295 e. The first-order chi connectivity index (χ1) is 6.00. The lowest BCUT2D eigenvalue weighted by atomic mass is 9.81. The molecule has 1 aliphatic rings. The Bertz CT molecular complexity index is 218. The van der Waals surface area contributed by atoms with Gasteiger partial charge in [-0.25, -0.2) is 0 Å². The fourth-order valence-corrected chi connectivity index (χ4v) is 1.72. The normalized spacial score (nSPS) is 20.5. The maximum absolute atomic E-state index is 11.4. The number of allylic oxidation sites excluding steroid dienone is 2. The van der Waals surface area contributed by atoms with Gasteiger partial charge in [-0.1, -0.05) is 32.8 Å². The highest BCUT2D eigenvalue weighted by molar-refractivity contribution is 5.90. The van der Waals surface area contributed by atoms with Crippen molar-refractivity contribution in [2.75, 3.05) is 0 Å². The quantitative estimate of drug-likeness (QED) is 0.557. The van der Waals surface area contributed by atoms with Gasteiger partial charge < -0.3 is 0 Å². The Morgan fingerprint density at radius 2 is 1.69 bits per heavy atom. The van der Waals surface area contributed by atoms with Crippen molar-refractivity contribution < 1.29 is 4.79 Å². The predicted octanol–water partition coefficient (Wildman–Crippen LogP) is 3.49. The second-order valence-corrected chi connectivity index (χ2v) is 4.95. The molecule has 0 atom stereocenters. The first-order valence-electron chi connectivity index (χ1n) is 5.24. The summed E-state index contributed by atoms with van der Waals surface area (Å²) in [6.45, 7) is 6.56. The molecule has 0 aromatic carbocycles. The summed E-state index contributed by atoms with van der Waals surface area (Å²) in [4.78, 5) is 11.4. The van der Waals surface area contributed by atoms with E-state index in [-0.39, 0.29) is 5.41 Å². The van der Waals surface area contributed by atoms with Crippen molar-refractivity contribution in [1.82, 2.24) is 0 Å². The summed E-state index contributed by atoms with van der Waals surface area (Å²) in [6.07, 6.45) is 7.27. The van der Waals surface area contributed by atoms with E-state index < -0.39 is 0 Å². The number of rotatable bonds is 0. The SMILES string of the molecule is CC(C)(C)C1=CC(=O)CCCCC1. The molecule has 0 saturated heterocycles. The van der Waals surface area contributed by atoms with Gasteiger partial charge in [0, 0.05) is 6.42 Å². The highest BCUT2D eigenvalue weighted by Crippen LogP contribution is 2.30. The Hall–Kier alpha value is -0.590. The third kappa shape index (κ3) is 3.33. The van der Waals surface area contributed by atoms with Gasteiger partial charge in [0.05, 0.1) is 0 Å². The number of ketones is 1. The molecule has 1 nitrogen and oxygen atoms in total. The van der Waals surface area contributed by atoms with Gasteiger partial charge in [0.25, 0.3) is 0 Å². The lowest BCUT2D eigenvalue weighted by Gasteiger charge is -2.24. The van der Waals surface area contributed by atoms with Gasteiger partial charge in [-0.15, -0.1) is 0 Å². The van der Waals surface area contributed by atoms with Crippen molar-refractivity contribution in [2.45, 2.75) is 52.9 Å². The molecule has 74 valence electrons. The van der Waals surface area contributed by atoms with E-state index >= 15 is 0 Å². The van der Waals surface area contributed by atoms with Crippen molar-refractivity contribution in [2.24, 2.45) is 5.41 Å². The zero-order valence-electron chi connectivity index (χ0n) is 9.02. The van der Waals surface area contributed by atoms with Crippen LogP contribution in [0.3, 0.4) is 0 Å². The summed E-state index contributed by atoms with van der Waals surface area (Å²) in [6, 6.07) is 0. The van der Waals surface area contributed by atoms with Crippen LogP contribution in [0.15, 0.2) is 11.6 Å². The average Bonchev–Trinajstić information content (AvgIpc) is 1.94. The van der Waals surface area contributed by atoms with Gasteiger partial charge in [0.15, 0.2) is 5.78 Å². The second kappa shape index (κ2) is 4.08. The highest BCUT2D eigenvalue weighted by Gasteiger charge is 2.18. The summed E-state index contributed by atoms with van der Waals surface area (Å²) < 4.78 is 0. The molecule has 0 bridgehead atoms. The van der Waals surface area contributed by atoms with Gasteiger partial charge in [-0.3, -0.25) is 4.79 Å². The van der Waals surface area contributed by atoms with Crippen LogP contribution >= 0.6 is 0 Å². The fourth-order valence-electron chi connectivity index (χ4n) is 1.72. The molecule has 0 fully saturated rings. The fraction of sp³-hybridized carbons (Fsp3) is 0.750. The molecular weight excluding hydrogens is 160 g/mol. The maximum Gasteiger partial charge on any atom is 0.155 e. The highest BCUT2D eigenvalue weighted by atomic mass is 16.1. The van der Waals surface area contributed by atoms with Crippen molar-refractivity contribution in [3.05, 3.63) is 11.6 Å². The van der Waals surface area contributed by atoms with Gasteiger partial charge in [-0.2, -0.15) is 0 Å². The minimum absolute atomic E-state index is 0.174. The second-order valence-electron chi connectivity index (χ2n) is 4.95. The summed E-state index contributed by atoms with van der Waals surface area (Å²) in [7, 11) is 0. The van der Waals surface area contributed by atoms with Crippen LogP contribution in [0.1, 0.15) is 52.9 Å². The molecule has 0 spiro atoms. The van der Waals surface area contributed by atoms with E-state index in [4.69, 9.17) is 0 Å². The lowest BCUT2D eigenvalue weighted by molar-refractivity contribution is -0.114. The van der Waals surface area contributed by atoms with Crippen molar-refractivity contribution in [1.29, 1.82) is 0 Å². The zero-order chi connectivity index (χ0) is 9.90. The van der Waals surface area contributed by atoms with E-state index in [2.05, 4.69) is 20.8 Å². The summed E-state index contributed by atoms with van der Waals surface area (Å²) in [5.74, 6) is 0.324. The lowest BCUT2D eigenvalue weighted by Crippen LogP contribution is -2.13. The molecule has 0 unspecified atom stereocenters. The molecule has 1 heteroatoms. The van der Waals surface area contributed by atoms with Crippen LogP contribution < -0.4 is 0 Å². The molecule has 0 amide bonds. The number of carbonyl (C=O) groups is 1. The number of carbonyl (C=O) groups excluding carboxylic acids is 1. The monoisotopic (exact) mass is 180 g/mol. The molecule has 13 heavy (non-hydrogen) atoms. The third-order valence-electron chi connectivity index (χ3n) is 2.67. The smallest absolute Gasteiger partial charge is 0.155 e. The van der Waals surface area contributed by atoms with E-state index in [1.807, 2.05) is 6.08 Å². The Kier molecular flexibility index (Phi) is 3.29. The van der Waals surface area contributed by atoms with Crippen molar-refractivity contribution in [3.8, 4) is 0 Å². The Labute approximate surface area is 81.2 Å². The van der Waals surface area contributed by atoms with E-state index in [1.165, 1.54) is 18.4 Å². The minimum Gasteiger partial charge on any atom is -0.295 e. The van der Waals surface area contributed by atoms with Gasteiger partial charge >= 0.3 is 0 Å². The summed E-state index contributed by atoms with van der Waals surface area (Å²) in [5, 5.41) is 0. The van der Waals surface area contributed by atoms with Crippen LogP contribution in [0.25, 0.3) is 0 Å². The number of hydrogen-bond acceptors (Lipinski definition) is 1. The molecule has 0 aliphatic heterocycles. The molecule has 1 aliphatic carbocycles. The van der Waals surface area contributed by atoms with Crippen molar-refractivity contribution >= 4 is 5.78 Å². The standard InChI is InChI=1S/C12H20O/c1-12(2,3)10-7-5-4-6-8-11(13)9-10/h9H,4-8H2,1-3H3. The Balaban J connectivity index is 2.78.